The van der Waals surface area contributed by atoms with E-state index in [9.17, 15) is 4.79 Å². The summed E-state index contributed by atoms with van der Waals surface area (Å²) in [6.45, 7) is 4.60. The fraction of sp³-hybridized carbons (Fsp3) is 0.400. The number of likely N-dealkylation sites (tertiary alicyclic amines) is 1. The van der Waals surface area contributed by atoms with Crippen molar-refractivity contribution >= 4 is 28.4 Å². The first-order valence-corrected chi connectivity index (χ1v) is 11.4. The molecule has 0 atom stereocenters. The Labute approximate surface area is 182 Å². The number of carbonyl (C=O) groups excluding carboxylic acids is 1. The summed E-state index contributed by atoms with van der Waals surface area (Å²) in [5.74, 6) is 0.866. The molecule has 3 heterocycles. The molecule has 2 aliphatic rings. The van der Waals surface area contributed by atoms with Crippen molar-refractivity contribution in [2.45, 2.75) is 38.1 Å². The first-order chi connectivity index (χ1) is 14.7. The standard InChI is InChI=1S/C25H28ClN3O/c26-21-5-6-22-23(16-27-24(22)15-21)19-7-11-28(12-8-19)13-10-25(30)29-14-9-18-3-1-2-4-20(18)17-29/h1-6,15-16,19,27H,7-14,17H2. The molecule has 0 unspecified atom stereocenters. The number of aromatic nitrogens is 1. The minimum Gasteiger partial charge on any atom is -0.361 e. The molecule has 0 saturated carbocycles. The number of nitrogens with one attached hydrogen (secondary N) is 1. The number of benzene rings is 2. The number of nitrogens with zero attached hydrogens (tertiary/aromatic N) is 2. The lowest BCUT2D eigenvalue weighted by molar-refractivity contribution is -0.132. The highest BCUT2D eigenvalue weighted by Crippen LogP contribution is 2.34. The third-order valence-electron chi connectivity index (χ3n) is 6.83. The topological polar surface area (TPSA) is 39.3 Å². The molecular weight excluding hydrogens is 394 g/mol. The van der Waals surface area contributed by atoms with Crippen molar-refractivity contribution in [2.24, 2.45) is 0 Å². The van der Waals surface area contributed by atoms with E-state index in [0.29, 0.717) is 18.2 Å². The Bertz CT molecular complexity index is 1050. The quantitative estimate of drug-likeness (QED) is 0.645. The van der Waals surface area contributed by atoms with E-state index in [2.05, 4.69) is 46.4 Å². The second-order valence-corrected chi connectivity index (χ2v) is 9.07. The average molecular weight is 422 g/mol. The van der Waals surface area contributed by atoms with Crippen LogP contribution in [0.4, 0.5) is 0 Å². The number of fused-ring (bicyclic) bond motifs is 2. The molecule has 156 valence electrons. The number of hydrogen-bond acceptors (Lipinski definition) is 2. The molecule has 1 aromatic heterocycles. The number of piperidine rings is 1. The van der Waals surface area contributed by atoms with E-state index in [1.165, 1.54) is 22.1 Å². The molecule has 0 spiro atoms. The second-order valence-electron chi connectivity index (χ2n) is 8.63. The molecule has 0 radical (unpaired) electrons. The van der Waals surface area contributed by atoms with Gasteiger partial charge in [0.25, 0.3) is 0 Å². The van der Waals surface area contributed by atoms with Crippen LogP contribution in [-0.2, 0) is 17.8 Å². The van der Waals surface area contributed by atoms with Gasteiger partial charge in [-0.1, -0.05) is 41.9 Å². The van der Waals surface area contributed by atoms with Gasteiger partial charge in [0.05, 0.1) is 0 Å². The number of halogens is 1. The monoisotopic (exact) mass is 421 g/mol. The number of aromatic amines is 1. The van der Waals surface area contributed by atoms with Gasteiger partial charge in [0.15, 0.2) is 0 Å². The van der Waals surface area contributed by atoms with E-state index in [-0.39, 0.29) is 0 Å². The summed E-state index contributed by atoms with van der Waals surface area (Å²) in [6.07, 6.45) is 6.03. The highest BCUT2D eigenvalue weighted by atomic mass is 35.5. The predicted octanol–water partition coefficient (Wildman–Crippen LogP) is 4.98. The summed E-state index contributed by atoms with van der Waals surface area (Å²) in [7, 11) is 0. The maximum absolute atomic E-state index is 12.8. The Balaban J connectivity index is 1.13. The fourth-order valence-electron chi connectivity index (χ4n) is 5.05. The maximum Gasteiger partial charge on any atom is 0.224 e. The zero-order valence-corrected chi connectivity index (χ0v) is 18.0. The lowest BCUT2D eigenvalue weighted by Gasteiger charge is -2.33. The van der Waals surface area contributed by atoms with Crippen LogP contribution in [0.15, 0.2) is 48.7 Å². The molecule has 0 aliphatic carbocycles. The fourth-order valence-corrected chi connectivity index (χ4v) is 5.22. The largest absolute Gasteiger partial charge is 0.361 e. The van der Waals surface area contributed by atoms with E-state index in [0.717, 1.165) is 62.5 Å². The zero-order valence-electron chi connectivity index (χ0n) is 17.2. The number of amides is 1. The lowest BCUT2D eigenvalue weighted by atomic mass is 9.89. The number of rotatable bonds is 4. The summed E-state index contributed by atoms with van der Waals surface area (Å²) < 4.78 is 0. The second kappa shape index (κ2) is 8.44. The Morgan fingerprint density at radius 2 is 1.87 bits per heavy atom. The van der Waals surface area contributed by atoms with Gasteiger partial charge in [-0.05, 0) is 67.1 Å². The highest BCUT2D eigenvalue weighted by Gasteiger charge is 2.25. The molecule has 5 heteroatoms. The van der Waals surface area contributed by atoms with Crippen molar-refractivity contribution in [2.75, 3.05) is 26.2 Å². The molecule has 1 saturated heterocycles. The summed E-state index contributed by atoms with van der Waals surface area (Å²) in [5, 5.41) is 2.06. The normalized spacial score (nSPS) is 18.0. The van der Waals surface area contributed by atoms with Crippen molar-refractivity contribution in [3.05, 3.63) is 70.4 Å². The third kappa shape index (κ3) is 3.99. The summed E-state index contributed by atoms with van der Waals surface area (Å²) in [5.41, 5.74) is 5.22. The Hall–Kier alpha value is -2.30. The van der Waals surface area contributed by atoms with Gasteiger partial charge in [-0.15, -0.1) is 0 Å². The van der Waals surface area contributed by atoms with Gasteiger partial charge in [0.1, 0.15) is 0 Å². The van der Waals surface area contributed by atoms with Gasteiger partial charge >= 0.3 is 0 Å². The molecular formula is C25H28ClN3O. The van der Waals surface area contributed by atoms with E-state index in [4.69, 9.17) is 11.6 Å². The van der Waals surface area contributed by atoms with E-state index in [1.54, 1.807) is 0 Å². The Morgan fingerprint density at radius 3 is 2.70 bits per heavy atom. The van der Waals surface area contributed by atoms with Gasteiger partial charge < -0.3 is 14.8 Å². The van der Waals surface area contributed by atoms with Crippen LogP contribution in [0.5, 0.6) is 0 Å². The molecule has 30 heavy (non-hydrogen) atoms. The number of carbonyl (C=O) groups is 1. The number of H-pyrrole nitrogens is 1. The first kappa shape index (κ1) is 19.7. The predicted molar refractivity (Wildman–Crippen MR) is 122 cm³/mol. The van der Waals surface area contributed by atoms with E-state index >= 15 is 0 Å². The van der Waals surface area contributed by atoms with Crippen LogP contribution in [0.1, 0.15) is 41.9 Å². The molecule has 2 aliphatic heterocycles. The molecule has 2 aromatic carbocycles. The van der Waals surface area contributed by atoms with Crippen LogP contribution in [0.2, 0.25) is 5.02 Å². The SMILES string of the molecule is O=C(CCN1CCC(c2c[nH]c3cc(Cl)ccc23)CC1)N1CCc2ccccc2C1. The summed E-state index contributed by atoms with van der Waals surface area (Å²) in [6, 6.07) is 14.6. The van der Waals surface area contributed by atoms with Gasteiger partial charge in [-0.3, -0.25) is 4.79 Å². The van der Waals surface area contributed by atoms with Crippen molar-refractivity contribution < 1.29 is 4.79 Å². The molecule has 0 bridgehead atoms. The Kier molecular flexibility index (Phi) is 5.53. The van der Waals surface area contributed by atoms with Gasteiger partial charge in [-0.2, -0.15) is 0 Å². The highest BCUT2D eigenvalue weighted by molar-refractivity contribution is 6.31. The van der Waals surface area contributed by atoms with Gasteiger partial charge in [0, 0.05) is 48.2 Å². The molecule has 1 N–H and O–H groups in total. The van der Waals surface area contributed by atoms with Crippen LogP contribution >= 0.6 is 11.6 Å². The van der Waals surface area contributed by atoms with Crippen molar-refractivity contribution in [1.82, 2.24) is 14.8 Å². The minimum absolute atomic E-state index is 0.292. The van der Waals surface area contributed by atoms with Crippen LogP contribution in [-0.4, -0.2) is 46.9 Å². The van der Waals surface area contributed by atoms with Crippen LogP contribution < -0.4 is 0 Å². The molecule has 4 nitrogen and oxygen atoms in total. The van der Waals surface area contributed by atoms with E-state index in [1.807, 2.05) is 17.0 Å². The van der Waals surface area contributed by atoms with Crippen molar-refractivity contribution in [1.29, 1.82) is 0 Å². The van der Waals surface area contributed by atoms with Crippen molar-refractivity contribution in [3.63, 3.8) is 0 Å². The minimum atomic E-state index is 0.292. The van der Waals surface area contributed by atoms with Gasteiger partial charge in [-0.25, -0.2) is 0 Å². The van der Waals surface area contributed by atoms with Crippen LogP contribution in [0.3, 0.4) is 0 Å². The third-order valence-corrected chi connectivity index (χ3v) is 7.06. The Morgan fingerprint density at radius 1 is 1.07 bits per heavy atom. The summed E-state index contributed by atoms with van der Waals surface area (Å²) in [4.78, 5) is 20.6. The number of hydrogen-bond donors (Lipinski definition) is 1. The molecule has 1 fully saturated rings. The molecule has 1 amide bonds. The van der Waals surface area contributed by atoms with Crippen LogP contribution in [0.25, 0.3) is 10.9 Å². The molecule has 5 rings (SSSR count). The maximum atomic E-state index is 12.8. The van der Waals surface area contributed by atoms with E-state index < -0.39 is 0 Å². The zero-order chi connectivity index (χ0) is 20.5. The van der Waals surface area contributed by atoms with Crippen molar-refractivity contribution in [3.8, 4) is 0 Å². The first-order valence-electron chi connectivity index (χ1n) is 11.0. The molecule has 3 aromatic rings. The smallest absolute Gasteiger partial charge is 0.224 e. The lowest BCUT2D eigenvalue weighted by Crippen LogP contribution is -2.39. The van der Waals surface area contributed by atoms with Gasteiger partial charge in [0.2, 0.25) is 5.91 Å². The van der Waals surface area contributed by atoms with Crippen LogP contribution in [0, 0.1) is 0 Å². The average Bonchev–Trinajstić information content (AvgIpc) is 3.20. The summed E-state index contributed by atoms with van der Waals surface area (Å²) >= 11 is 6.12.